The number of benzene rings is 1. The van der Waals surface area contributed by atoms with Gasteiger partial charge in [0.15, 0.2) is 5.15 Å². The fraction of sp³-hybridized carbons (Fsp3) is 0.389. The van der Waals surface area contributed by atoms with E-state index in [2.05, 4.69) is 20.9 Å². The number of rotatable bonds is 4. The van der Waals surface area contributed by atoms with Crippen molar-refractivity contribution < 1.29 is 4.79 Å². The first kappa shape index (κ1) is 17.5. The lowest BCUT2D eigenvalue weighted by atomic mass is 9.96. The smallest absolute Gasteiger partial charge is 0.334 e. The molecule has 2 aromatic rings. The first-order valence-electron chi connectivity index (χ1n) is 8.55. The molecular formula is C18H22ClN5O. The molecule has 0 saturated heterocycles. The van der Waals surface area contributed by atoms with Crippen LogP contribution in [-0.4, -0.2) is 28.1 Å². The summed E-state index contributed by atoms with van der Waals surface area (Å²) in [5.74, 6) is 0. The Morgan fingerprint density at radius 3 is 2.72 bits per heavy atom. The number of nitrogens with one attached hydrogen (secondary N) is 2. The average molecular weight is 360 g/mol. The van der Waals surface area contributed by atoms with E-state index >= 15 is 0 Å². The molecule has 1 saturated carbocycles. The molecule has 7 heteroatoms. The summed E-state index contributed by atoms with van der Waals surface area (Å²) in [6.07, 6.45) is 7.19. The molecule has 25 heavy (non-hydrogen) atoms. The van der Waals surface area contributed by atoms with Crippen molar-refractivity contribution >= 4 is 23.8 Å². The van der Waals surface area contributed by atoms with Crippen molar-refractivity contribution in [1.29, 1.82) is 0 Å². The van der Waals surface area contributed by atoms with Crippen molar-refractivity contribution in [3.8, 4) is 5.69 Å². The Hall–Kier alpha value is -2.34. The van der Waals surface area contributed by atoms with E-state index in [1.807, 2.05) is 37.3 Å². The SMILES string of the molecule is Cc1c(/C=N\NC(=O)NC2CCCCC2)c(Cl)nn1-c1ccccc1. The molecule has 0 atom stereocenters. The maximum Gasteiger partial charge on any atom is 0.335 e. The predicted octanol–water partition coefficient (Wildman–Crippen LogP) is 3.80. The second-order valence-corrected chi connectivity index (χ2v) is 6.57. The topological polar surface area (TPSA) is 71.3 Å². The molecular weight excluding hydrogens is 338 g/mol. The van der Waals surface area contributed by atoms with Gasteiger partial charge >= 0.3 is 6.03 Å². The lowest BCUT2D eigenvalue weighted by Gasteiger charge is -2.22. The Balaban J connectivity index is 1.63. The summed E-state index contributed by atoms with van der Waals surface area (Å²) < 4.78 is 1.76. The average Bonchev–Trinajstić information content (AvgIpc) is 2.91. The van der Waals surface area contributed by atoms with Crippen LogP contribution in [-0.2, 0) is 0 Å². The van der Waals surface area contributed by atoms with Crippen molar-refractivity contribution in [1.82, 2.24) is 20.5 Å². The van der Waals surface area contributed by atoms with Crippen LogP contribution in [0.5, 0.6) is 0 Å². The largest absolute Gasteiger partial charge is 0.335 e. The van der Waals surface area contributed by atoms with Crippen LogP contribution in [0.2, 0.25) is 5.15 Å². The molecule has 0 spiro atoms. The summed E-state index contributed by atoms with van der Waals surface area (Å²) in [5.41, 5.74) is 4.97. The molecule has 3 rings (SSSR count). The minimum atomic E-state index is -0.285. The third-order valence-electron chi connectivity index (χ3n) is 4.42. The highest BCUT2D eigenvalue weighted by atomic mass is 35.5. The summed E-state index contributed by atoms with van der Waals surface area (Å²) in [5, 5.41) is 11.6. The number of amides is 2. The van der Waals surface area contributed by atoms with Gasteiger partial charge in [0.1, 0.15) is 0 Å². The molecule has 0 unspecified atom stereocenters. The molecule has 1 heterocycles. The van der Waals surface area contributed by atoms with E-state index in [4.69, 9.17) is 11.6 Å². The molecule has 6 nitrogen and oxygen atoms in total. The van der Waals surface area contributed by atoms with Crippen LogP contribution >= 0.6 is 11.6 Å². The number of nitrogens with zero attached hydrogens (tertiary/aromatic N) is 3. The van der Waals surface area contributed by atoms with Crippen molar-refractivity contribution in [3.05, 3.63) is 46.7 Å². The van der Waals surface area contributed by atoms with E-state index < -0.39 is 0 Å². The van der Waals surface area contributed by atoms with Gasteiger partial charge in [-0.15, -0.1) is 0 Å². The fourth-order valence-electron chi connectivity index (χ4n) is 3.07. The van der Waals surface area contributed by atoms with E-state index in [-0.39, 0.29) is 12.1 Å². The van der Waals surface area contributed by atoms with Gasteiger partial charge in [-0.2, -0.15) is 10.2 Å². The maximum atomic E-state index is 11.9. The van der Waals surface area contributed by atoms with Crippen molar-refractivity contribution in [2.45, 2.75) is 45.1 Å². The quantitative estimate of drug-likeness (QED) is 0.643. The lowest BCUT2D eigenvalue weighted by Crippen LogP contribution is -2.41. The predicted molar refractivity (Wildman–Crippen MR) is 99.4 cm³/mol. The summed E-state index contributed by atoms with van der Waals surface area (Å²) >= 11 is 6.22. The van der Waals surface area contributed by atoms with Gasteiger partial charge in [-0.3, -0.25) is 0 Å². The number of carbonyl (C=O) groups is 1. The highest BCUT2D eigenvalue weighted by Crippen LogP contribution is 2.20. The monoisotopic (exact) mass is 359 g/mol. The zero-order valence-corrected chi connectivity index (χ0v) is 15.0. The zero-order valence-electron chi connectivity index (χ0n) is 14.2. The molecule has 2 amide bonds. The van der Waals surface area contributed by atoms with Gasteiger partial charge in [-0.05, 0) is 31.9 Å². The van der Waals surface area contributed by atoms with Gasteiger partial charge in [0, 0.05) is 6.04 Å². The second-order valence-electron chi connectivity index (χ2n) is 6.22. The minimum absolute atomic E-state index is 0.245. The molecule has 0 radical (unpaired) electrons. The molecule has 132 valence electrons. The summed E-state index contributed by atoms with van der Waals surface area (Å²) in [6.45, 7) is 1.91. The summed E-state index contributed by atoms with van der Waals surface area (Å²) in [6, 6.07) is 9.69. The lowest BCUT2D eigenvalue weighted by molar-refractivity contribution is 0.233. The molecule has 1 fully saturated rings. The minimum Gasteiger partial charge on any atom is -0.334 e. The van der Waals surface area contributed by atoms with Gasteiger partial charge < -0.3 is 5.32 Å². The number of hydrogen-bond donors (Lipinski definition) is 2. The van der Waals surface area contributed by atoms with Crippen LogP contribution in [0.15, 0.2) is 35.4 Å². The summed E-state index contributed by atoms with van der Waals surface area (Å²) in [4.78, 5) is 11.9. The highest BCUT2D eigenvalue weighted by Gasteiger charge is 2.15. The van der Waals surface area contributed by atoms with E-state index in [0.29, 0.717) is 10.7 Å². The molecule has 1 aliphatic rings. The number of hydrazone groups is 1. The standard InChI is InChI=1S/C18H22ClN5O/c1-13-16(17(19)23-24(13)15-10-6-3-7-11-15)12-20-22-18(25)21-14-8-4-2-5-9-14/h3,6-7,10-12,14H,2,4-5,8-9H2,1H3,(H2,21,22,25)/b20-12-. The number of carbonyl (C=O) groups excluding carboxylic acids is 1. The van der Waals surface area contributed by atoms with E-state index in [0.717, 1.165) is 24.2 Å². The molecule has 0 aliphatic heterocycles. The van der Waals surface area contributed by atoms with Crippen LogP contribution < -0.4 is 10.7 Å². The zero-order chi connectivity index (χ0) is 17.6. The molecule has 1 aromatic carbocycles. The normalized spacial score (nSPS) is 15.4. The Labute approximate surface area is 152 Å². The second kappa shape index (κ2) is 8.16. The molecule has 0 bridgehead atoms. The number of urea groups is 1. The van der Waals surface area contributed by atoms with Crippen molar-refractivity contribution in [2.24, 2.45) is 5.10 Å². The van der Waals surface area contributed by atoms with Crippen molar-refractivity contribution in [3.63, 3.8) is 0 Å². The van der Waals surface area contributed by atoms with Gasteiger partial charge in [-0.25, -0.2) is 14.9 Å². The number of para-hydroxylation sites is 1. The molecule has 1 aromatic heterocycles. The van der Waals surface area contributed by atoms with E-state index in [1.165, 1.54) is 25.5 Å². The number of aromatic nitrogens is 2. The molecule has 2 N–H and O–H groups in total. The fourth-order valence-corrected chi connectivity index (χ4v) is 3.33. The Morgan fingerprint density at radius 1 is 1.28 bits per heavy atom. The van der Waals surface area contributed by atoms with E-state index in [1.54, 1.807) is 4.68 Å². The summed E-state index contributed by atoms with van der Waals surface area (Å²) in [7, 11) is 0. The highest BCUT2D eigenvalue weighted by molar-refractivity contribution is 6.32. The Kier molecular flexibility index (Phi) is 5.71. The first-order chi connectivity index (χ1) is 12.1. The maximum absolute atomic E-state index is 11.9. The third kappa shape index (κ3) is 4.39. The Morgan fingerprint density at radius 2 is 2.00 bits per heavy atom. The van der Waals surface area contributed by atoms with Gasteiger partial charge in [-0.1, -0.05) is 49.1 Å². The van der Waals surface area contributed by atoms with E-state index in [9.17, 15) is 4.79 Å². The number of halogens is 1. The number of hydrogen-bond acceptors (Lipinski definition) is 3. The molecule has 1 aliphatic carbocycles. The van der Waals surface area contributed by atoms with Crippen LogP contribution in [0.4, 0.5) is 4.79 Å². The van der Waals surface area contributed by atoms with Crippen LogP contribution in [0, 0.1) is 6.92 Å². The van der Waals surface area contributed by atoms with Gasteiger partial charge in [0.2, 0.25) is 0 Å². The Bertz CT molecular complexity index is 750. The van der Waals surface area contributed by atoms with Gasteiger partial charge in [0.25, 0.3) is 0 Å². The van der Waals surface area contributed by atoms with Crippen LogP contribution in [0.25, 0.3) is 5.69 Å². The third-order valence-corrected chi connectivity index (χ3v) is 4.70. The van der Waals surface area contributed by atoms with Crippen molar-refractivity contribution in [2.75, 3.05) is 0 Å². The van der Waals surface area contributed by atoms with Crippen LogP contribution in [0.1, 0.15) is 43.4 Å². The first-order valence-corrected chi connectivity index (χ1v) is 8.93. The van der Waals surface area contributed by atoms with Gasteiger partial charge in [0.05, 0.1) is 23.2 Å². The van der Waals surface area contributed by atoms with Crippen LogP contribution in [0.3, 0.4) is 0 Å².